The van der Waals surface area contributed by atoms with Crippen molar-refractivity contribution < 1.29 is 17.6 Å². The summed E-state index contributed by atoms with van der Waals surface area (Å²) < 4.78 is 36.2. The SMILES string of the molecule is Cn1c(=O)n(C)c2cc(S(=O)(=O)N(Cc3ccco3)C(=O)C3CCCCC3)ccc21. The lowest BCUT2D eigenvalue weighted by Gasteiger charge is -2.28. The van der Waals surface area contributed by atoms with Gasteiger partial charge in [0.25, 0.3) is 10.0 Å². The van der Waals surface area contributed by atoms with Gasteiger partial charge in [0.2, 0.25) is 5.91 Å². The molecule has 1 amide bonds. The van der Waals surface area contributed by atoms with Gasteiger partial charge in [-0.15, -0.1) is 0 Å². The van der Waals surface area contributed by atoms with E-state index in [1.54, 1.807) is 32.3 Å². The number of benzene rings is 1. The van der Waals surface area contributed by atoms with Gasteiger partial charge in [0, 0.05) is 20.0 Å². The number of hydrogen-bond donors (Lipinski definition) is 0. The summed E-state index contributed by atoms with van der Waals surface area (Å²) in [5.74, 6) is -0.308. The van der Waals surface area contributed by atoms with E-state index in [2.05, 4.69) is 0 Å². The van der Waals surface area contributed by atoms with Crippen LogP contribution in [0.3, 0.4) is 0 Å². The Kier molecular flexibility index (Phi) is 5.31. The number of furan rings is 1. The molecule has 8 nitrogen and oxygen atoms in total. The van der Waals surface area contributed by atoms with Gasteiger partial charge in [0.05, 0.1) is 28.7 Å². The van der Waals surface area contributed by atoms with Gasteiger partial charge in [-0.2, -0.15) is 0 Å². The summed E-state index contributed by atoms with van der Waals surface area (Å²) in [6, 6.07) is 7.81. The molecule has 2 heterocycles. The topological polar surface area (TPSA) is 94.5 Å². The van der Waals surface area contributed by atoms with Crippen LogP contribution in [0.2, 0.25) is 0 Å². The Hall–Kier alpha value is -2.81. The van der Waals surface area contributed by atoms with Crippen molar-refractivity contribution in [3.63, 3.8) is 0 Å². The van der Waals surface area contributed by atoms with Crippen LogP contribution in [0.15, 0.2) is 50.7 Å². The first-order chi connectivity index (χ1) is 14.3. The fourth-order valence-electron chi connectivity index (χ4n) is 4.15. The molecule has 0 radical (unpaired) electrons. The number of hydrogen-bond acceptors (Lipinski definition) is 5. The van der Waals surface area contributed by atoms with Crippen LogP contribution in [-0.4, -0.2) is 27.8 Å². The molecule has 0 saturated heterocycles. The second-order valence-electron chi connectivity index (χ2n) is 7.82. The monoisotopic (exact) mass is 431 g/mol. The minimum absolute atomic E-state index is 0.0214. The minimum atomic E-state index is -4.14. The second kappa shape index (κ2) is 7.79. The number of imidazole rings is 1. The van der Waals surface area contributed by atoms with Crippen molar-refractivity contribution in [3.05, 3.63) is 52.8 Å². The zero-order chi connectivity index (χ0) is 21.5. The molecule has 4 rings (SSSR count). The van der Waals surface area contributed by atoms with E-state index >= 15 is 0 Å². The summed E-state index contributed by atoms with van der Waals surface area (Å²) in [4.78, 5) is 25.5. The highest BCUT2D eigenvalue weighted by Gasteiger charge is 2.35. The lowest BCUT2D eigenvalue weighted by molar-refractivity contribution is -0.132. The van der Waals surface area contributed by atoms with E-state index in [1.165, 1.54) is 27.5 Å². The molecule has 1 aromatic carbocycles. The van der Waals surface area contributed by atoms with Crippen LogP contribution >= 0.6 is 0 Å². The maximum Gasteiger partial charge on any atom is 0.328 e. The molecule has 2 aromatic heterocycles. The average Bonchev–Trinajstić information content (AvgIpc) is 3.35. The van der Waals surface area contributed by atoms with E-state index in [0.717, 1.165) is 23.6 Å². The van der Waals surface area contributed by atoms with E-state index in [0.29, 0.717) is 29.6 Å². The van der Waals surface area contributed by atoms with Crippen LogP contribution in [0.5, 0.6) is 0 Å². The van der Waals surface area contributed by atoms with E-state index in [4.69, 9.17) is 4.42 Å². The standard InChI is InChI=1S/C21H25N3O5S/c1-22-18-11-10-17(13-19(18)23(2)21(22)26)30(27,28)24(14-16-9-6-12-29-16)20(25)15-7-4-3-5-8-15/h6,9-13,15H,3-5,7-8,14H2,1-2H3. The van der Waals surface area contributed by atoms with Crippen molar-refractivity contribution in [1.82, 2.24) is 13.4 Å². The van der Waals surface area contributed by atoms with Crippen molar-refractivity contribution in [3.8, 4) is 0 Å². The van der Waals surface area contributed by atoms with Gasteiger partial charge in [-0.05, 0) is 43.2 Å². The Balaban J connectivity index is 1.78. The molecule has 1 saturated carbocycles. The molecule has 1 aliphatic rings. The highest BCUT2D eigenvalue weighted by Crippen LogP contribution is 2.30. The Morgan fingerprint density at radius 3 is 2.47 bits per heavy atom. The first-order valence-electron chi connectivity index (χ1n) is 10.0. The normalized spacial score (nSPS) is 15.5. The van der Waals surface area contributed by atoms with Gasteiger partial charge in [0.15, 0.2) is 0 Å². The van der Waals surface area contributed by atoms with Gasteiger partial charge in [-0.3, -0.25) is 13.9 Å². The van der Waals surface area contributed by atoms with Crippen molar-refractivity contribution in [2.45, 2.75) is 43.5 Å². The number of carbonyl (C=O) groups is 1. The van der Waals surface area contributed by atoms with Crippen LogP contribution in [0.1, 0.15) is 37.9 Å². The summed E-state index contributed by atoms with van der Waals surface area (Å²) in [6.07, 6.45) is 5.74. The number of rotatable bonds is 5. The Bertz CT molecular complexity index is 1230. The van der Waals surface area contributed by atoms with Gasteiger partial charge in [0.1, 0.15) is 5.76 Å². The van der Waals surface area contributed by atoms with Gasteiger partial charge < -0.3 is 4.42 Å². The maximum absolute atomic E-state index is 13.6. The molecule has 30 heavy (non-hydrogen) atoms. The van der Waals surface area contributed by atoms with Crippen LogP contribution in [0, 0.1) is 5.92 Å². The second-order valence-corrected chi connectivity index (χ2v) is 9.68. The quantitative estimate of drug-likeness (QED) is 0.619. The first kappa shape index (κ1) is 20.5. The van der Waals surface area contributed by atoms with Crippen LogP contribution in [0.4, 0.5) is 0 Å². The van der Waals surface area contributed by atoms with Crippen molar-refractivity contribution >= 4 is 27.0 Å². The van der Waals surface area contributed by atoms with E-state index in [-0.39, 0.29) is 23.0 Å². The molecule has 0 unspecified atom stereocenters. The van der Waals surface area contributed by atoms with Crippen LogP contribution in [-0.2, 0) is 35.5 Å². The van der Waals surface area contributed by atoms with E-state index < -0.39 is 15.9 Å². The molecule has 0 atom stereocenters. The predicted molar refractivity (Wildman–Crippen MR) is 111 cm³/mol. The lowest BCUT2D eigenvalue weighted by Crippen LogP contribution is -2.40. The van der Waals surface area contributed by atoms with Crippen molar-refractivity contribution in [2.75, 3.05) is 0 Å². The Morgan fingerprint density at radius 2 is 1.80 bits per heavy atom. The highest BCUT2D eigenvalue weighted by molar-refractivity contribution is 7.89. The van der Waals surface area contributed by atoms with Crippen molar-refractivity contribution in [1.29, 1.82) is 0 Å². The molecular weight excluding hydrogens is 406 g/mol. The Labute approximate surface area is 174 Å². The predicted octanol–water partition coefficient (Wildman–Crippen LogP) is 2.77. The number of aryl methyl sites for hydroxylation is 2. The highest BCUT2D eigenvalue weighted by atomic mass is 32.2. The number of aromatic nitrogens is 2. The van der Waals surface area contributed by atoms with Gasteiger partial charge in [-0.25, -0.2) is 17.5 Å². The zero-order valence-corrected chi connectivity index (χ0v) is 17.9. The van der Waals surface area contributed by atoms with Gasteiger partial charge in [-0.1, -0.05) is 19.3 Å². The molecular formula is C21H25N3O5S. The molecule has 160 valence electrons. The third-order valence-corrected chi connectivity index (χ3v) is 7.65. The molecule has 0 N–H and O–H groups in total. The number of amides is 1. The minimum Gasteiger partial charge on any atom is -0.467 e. The summed E-state index contributed by atoms with van der Waals surface area (Å²) in [6.45, 7) is -0.156. The molecule has 9 heteroatoms. The lowest BCUT2D eigenvalue weighted by atomic mass is 9.88. The van der Waals surface area contributed by atoms with E-state index in [1.807, 2.05) is 0 Å². The molecule has 0 bridgehead atoms. The molecule has 3 aromatic rings. The third-order valence-electron chi connectivity index (χ3n) is 5.91. The smallest absolute Gasteiger partial charge is 0.328 e. The van der Waals surface area contributed by atoms with Gasteiger partial charge >= 0.3 is 5.69 Å². The molecule has 1 fully saturated rings. The van der Waals surface area contributed by atoms with Crippen LogP contribution < -0.4 is 5.69 Å². The number of sulfonamides is 1. The fourth-order valence-corrected chi connectivity index (χ4v) is 5.59. The first-order valence-corrected chi connectivity index (χ1v) is 11.5. The van der Waals surface area contributed by atoms with Crippen LogP contribution in [0.25, 0.3) is 11.0 Å². The maximum atomic E-state index is 13.6. The number of fused-ring (bicyclic) bond motifs is 1. The van der Waals surface area contributed by atoms with E-state index in [9.17, 15) is 18.0 Å². The average molecular weight is 432 g/mol. The summed E-state index contributed by atoms with van der Waals surface area (Å²) in [7, 11) is -0.913. The Morgan fingerprint density at radius 1 is 1.10 bits per heavy atom. The largest absolute Gasteiger partial charge is 0.467 e. The fraction of sp³-hybridized carbons (Fsp3) is 0.429. The summed E-state index contributed by atoms with van der Waals surface area (Å²) >= 11 is 0. The third kappa shape index (κ3) is 3.47. The molecule has 0 spiro atoms. The number of carbonyl (C=O) groups excluding carboxylic acids is 1. The molecule has 0 aliphatic heterocycles. The zero-order valence-electron chi connectivity index (χ0n) is 17.1. The summed E-state index contributed by atoms with van der Waals surface area (Å²) in [5.41, 5.74) is 0.870. The molecule has 1 aliphatic carbocycles. The summed E-state index contributed by atoms with van der Waals surface area (Å²) in [5, 5.41) is 0. The number of nitrogens with zero attached hydrogens (tertiary/aromatic N) is 3. The van der Waals surface area contributed by atoms with Crippen molar-refractivity contribution in [2.24, 2.45) is 20.0 Å².